The summed E-state index contributed by atoms with van der Waals surface area (Å²) >= 11 is 4.66. The molecule has 0 spiro atoms. The average molecular weight is 284 g/mol. The van der Waals surface area contributed by atoms with Gasteiger partial charge in [0.1, 0.15) is 22.3 Å². The van der Waals surface area contributed by atoms with Crippen LogP contribution in [0.3, 0.4) is 0 Å². The first-order chi connectivity index (χ1) is 9.08. The molecule has 0 atom stereocenters. The first kappa shape index (κ1) is 13.3. The van der Waals surface area contributed by atoms with Gasteiger partial charge in [-0.1, -0.05) is 17.4 Å². The van der Waals surface area contributed by atoms with E-state index in [1.807, 2.05) is 0 Å². The summed E-state index contributed by atoms with van der Waals surface area (Å²) in [5, 5.41) is 6.05. The van der Waals surface area contributed by atoms with Gasteiger partial charge in [-0.15, -0.1) is 0 Å². The highest BCUT2D eigenvalue weighted by Crippen LogP contribution is 2.20. The first-order valence-electron chi connectivity index (χ1n) is 5.36. The molecule has 0 aliphatic heterocycles. The van der Waals surface area contributed by atoms with Crippen LogP contribution in [0.25, 0.3) is 0 Å². The molecular formula is C11H10F2N4OS. The Labute approximate surface area is 112 Å². The molecule has 100 valence electrons. The Morgan fingerprint density at radius 1 is 1.37 bits per heavy atom. The molecule has 0 saturated heterocycles. The van der Waals surface area contributed by atoms with E-state index in [-0.39, 0.29) is 22.8 Å². The van der Waals surface area contributed by atoms with E-state index >= 15 is 0 Å². The number of thiocarbonyl (C=S) groups is 1. The molecular weight excluding hydrogens is 274 g/mol. The van der Waals surface area contributed by atoms with Crippen LogP contribution in [0.15, 0.2) is 23.0 Å². The normalized spacial score (nSPS) is 10.4. The van der Waals surface area contributed by atoms with Gasteiger partial charge in [0, 0.05) is 18.5 Å². The summed E-state index contributed by atoms with van der Waals surface area (Å²) in [5.74, 6) is -1.13. The van der Waals surface area contributed by atoms with Gasteiger partial charge in [0.2, 0.25) is 5.89 Å². The van der Waals surface area contributed by atoms with Crippen LogP contribution >= 0.6 is 12.2 Å². The summed E-state index contributed by atoms with van der Waals surface area (Å²) in [6.45, 7) is 0.252. The van der Waals surface area contributed by atoms with Crippen LogP contribution in [-0.2, 0) is 6.42 Å². The van der Waals surface area contributed by atoms with Crippen molar-refractivity contribution in [2.45, 2.75) is 6.42 Å². The molecule has 0 aliphatic carbocycles. The zero-order valence-electron chi connectivity index (χ0n) is 9.69. The third kappa shape index (κ3) is 3.22. The molecule has 0 radical (unpaired) electrons. The lowest BCUT2D eigenvalue weighted by molar-refractivity contribution is 0.379. The van der Waals surface area contributed by atoms with E-state index in [4.69, 9.17) is 10.3 Å². The molecule has 2 rings (SSSR count). The number of benzene rings is 1. The van der Waals surface area contributed by atoms with E-state index in [9.17, 15) is 8.78 Å². The minimum Gasteiger partial charge on any atom is -0.389 e. The molecule has 5 nitrogen and oxygen atoms in total. The van der Waals surface area contributed by atoms with Crippen molar-refractivity contribution in [3.05, 3.63) is 41.5 Å². The van der Waals surface area contributed by atoms with Crippen LogP contribution in [0.5, 0.6) is 0 Å². The van der Waals surface area contributed by atoms with Gasteiger partial charge in [-0.2, -0.15) is 4.98 Å². The summed E-state index contributed by atoms with van der Waals surface area (Å²) in [7, 11) is 0. The van der Waals surface area contributed by atoms with Gasteiger partial charge in [-0.25, -0.2) is 8.78 Å². The summed E-state index contributed by atoms with van der Waals surface area (Å²) in [5.41, 5.74) is 5.23. The zero-order chi connectivity index (χ0) is 13.8. The minimum atomic E-state index is -0.756. The van der Waals surface area contributed by atoms with Crippen LogP contribution in [0, 0.1) is 11.6 Å². The van der Waals surface area contributed by atoms with E-state index in [2.05, 4.69) is 27.7 Å². The second kappa shape index (κ2) is 5.70. The smallest absolute Gasteiger partial charge is 0.228 e. The van der Waals surface area contributed by atoms with Gasteiger partial charge in [0.05, 0.1) is 0 Å². The summed E-state index contributed by atoms with van der Waals surface area (Å²) in [4.78, 5) is 3.73. The van der Waals surface area contributed by atoms with E-state index < -0.39 is 11.6 Å². The Morgan fingerprint density at radius 2 is 2.05 bits per heavy atom. The SMILES string of the molecule is NC(=S)c1cc(F)c(NCCc2ncno2)c(F)c1. The van der Waals surface area contributed by atoms with Crippen molar-refractivity contribution < 1.29 is 13.3 Å². The Balaban J connectivity index is 2.06. The van der Waals surface area contributed by atoms with Gasteiger partial charge < -0.3 is 15.6 Å². The first-order valence-corrected chi connectivity index (χ1v) is 5.77. The number of rotatable bonds is 5. The average Bonchev–Trinajstić information content (AvgIpc) is 2.85. The number of anilines is 1. The third-order valence-corrected chi connectivity index (χ3v) is 2.61. The number of nitrogens with zero attached hydrogens (tertiary/aromatic N) is 2. The number of nitrogens with two attached hydrogens (primary N) is 1. The number of nitrogens with one attached hydrogen (secondary N) is 1. The highest BCUT2D eigenvalue weighted by molar-refractivity contribution is 7.80. The lowest BCUT2D eigenvalue weighted by Crippen LogP contribution is -2.13. The summed E-state index contributed by atoms with van der Waals surface area (Å²) < 4.78 is 32.1. The molecule has 1 heterocycles. The van der Waals surface area contributed by atoms with Crippen molar-refractivity contribution in [1.29, 1.82) is 0 Å². The lowest BCUT2D eigenvalue weighted by atomic mass is 10.2. The standard InChI is InChI=1S/C11H10F2N4OS/c12-7-3-6(11(14)19)4-8(13)10(7)15-2-1-9-16-5-17-18-9/h3-5,15H,1-2H2,(H2,14,19). The summed E-state index contributed by atoms with van der Waals surface area (Å²) in [6.07, 6.45) is 1.61. The Bertz CT molecular complexity index is 565. The van der Waals surface area contributed by atoms with E-state index in [1.54, 1.807) is 0 Å². The minimum absolute atomic E-state index is 0.0600. The largest absolute Gasteiger partial charge is 0.389 e. The van der Waals surface area contributed by atoms with Crippen molar-refractivity contribution in [3.8, 4) is 0 Å². The maximum Gasteiger partial charge on any atom is 0.228 e. The molecule has 0 unspecified atom stereocenters. The lowest BCUT2D eigenvalue weighted by Gasteiger charge is -2.09. The second-order valence-corrected chi connectivity index (χ2v) is 4.13. The molecule has 19 heavy (non-hydrogen) atoms. The predicted octanol–water partition coefficient (Wildman–Crippen LogP) is 1.64. The number of hydrogen-bond acceptors (Lipinski definition) is 5. The molecule has 2 aromatic rings. The molecule has 0 amide bonds. The molecule has 0 bridgehead atoms. The quantitative estimate of drug-likeness (QED) is 0.813. The molecule has 0 aliphatic rings. The second-order valence-electron chi connectivity index (χ2n) is 3.69. The fourth-order valence-electron chi connectivity index (χ4n) is 1.48. The topological polar surface area (TPSA) is 77.0 Å². The van der Waals surface area contributed by atoms with E-state index in [1.165, 1.54) is 6.33 Å². The monoisotopic (exact) mass is 284 g/mol. The number of hydrogen-bond donors (Lipinski definition) is 2. The van der Waals surface area contributed by atoms with Crippen LogP contribution in [0.2, 0.25) is 0 Å². The Morgan fingerprint density at radius 3 is 2.58 bits per heavy atom. The van der Waals surface area contributed by atoms with Crippen molar-refractivity contribution in [2.75, 3.05) is 11.9 Å². The predicted molar refractivity (Wildman–Crippen MR) is 68.7 cm³/mol. The zero-order valence-corrected chi connectivity index (χ0v) is 10.5. The molecule has 1 aromatic carbocycles. The molecule has 1 aromatic heterocycles. The Hall–Kier alpha value is -2.09. The maximum absolute atomic E-state index is 13.7. The molecule has 0 fully saturated rings. The van der Waals surface area contributed by atoms with Crippen LogP contribution < -0.4 is 11.1 Å². The van der Waals surface area contributed by atoms with E-state index in [0.29, 0.717) is 12.3 Å². The van der Waals surface area contributed by atoms with Crippen molar-refractivity contribution >= 4 is 22.9 Å². The van der Waals surface area contributed by atoms with Crippen molar-refractivity contribution in [2.24, 2.45) is 5.73 Å². The van der Waals surface area contributed by atoms with Gasteiger partial charge in [0.15, 0.2) is 6.33 Å². The Kier molecular flexibility index (Phi) is 4.00. The van der Waals surface area contributed by atoms with Crippen molar-refractivity contribution in [1.82, 2.24) is 10.1 Å². The molecule has 0 saturated carbocycles. The molecule has 8 heteroatoms. The number of aromatic nitrogens is 2. The van der Waals surface area contributed by atoms with Gasteiger partial charge in [0.25, 0.3) is 0 Å². The fourth-order valence-corrected chi connectivity index (χ4v) is 1.60. The van der Waals surface area contributed by atoms with Crippen LogP contribution in [0.4, 0.5) is 14.5 Å². The molecule has 3 N–H and O–H groups in total. The van der Waals surface area contributed by atoms with Gasteiger partial charge in [-0.3, -0.25) is 0 Å². The van der Waals surface area contributed by atoms with E-state index in [0.717, 1.165) is 12.1 Å². The highest BCUT2D eigenvalue weighted by atomic mass is 32.1. The third-order valence-electron chi connectivity index (χ3n) is 2.37. The van der Waals surface area contributed by atoms with Crippen LogP contribution in [0.1, 0.15) is 11.5 Å². The van der Waals surface area contributed by atoms with Gasteiger partial charge in [-0.05, 0) is 12.1 Å². The van der Waals surface area contributed by atoms with Crippen LogP contribution in [-0.4, -0.2) is 21.7 Å². The fraction of sp³-hybridized carbons (Fsp3) is 0.182. The highest BCUT2D eigenvalue weighted by Gasteiger charge is 2.12. The summed E-state index contributed by atoms with van der Waals surface area (Å²) in [6, 6.07) is 2.17. The van der Waals surface area contributed by atoms with Gasteiger partial charge >= 0.3 is 0 Å². The number of halogens is 2. The maximum atomic E-state index is 13.7. The van der Waals surface area contributed by atoms with Crippen molar-refractivity contribution in [3.63, 3.8) is 0 Å².